The maximum absolute atomic E-state index is 12.2. The number of alkyl halides is 3. The minimum atomic E-state index is -4.12. The number of furan rings is 1. The SMILES string of the molecule is CNC(CCC(F)(F)F)c1c(C)oc(C)c1C. The number of aryl methyl sites for hydroxylation is 2. The molecule has 1 aromatic heterocycles. The Morgan fingerprint density at radius 2 is 1.76 bits per heavy atom. The second-order valence-electron chi connectivity index (χ2n) is 4.25. The number of rotatable bonds is 4. The van der Waals surface area contributed by atoms with Crippen molar-refractivity contribution in [3.8, 4) is 0 Å². The van der Waals surface area contributed by atoms with Gasteiger partial charge in [0.15, 0.2) is 0 Å². The van der Waals surface area contributed by atoms with Crippen LogP contribution in [0.25, 0.3) is 0 Å². The van der Waals surface area contributed by atoms with Crippen molar-refractivity contribution < 1.29 is 17.6 Å². The molecule has 0 amide bonds. The summed E-state index contributed by atoms with van der Waals surface area (Å²) in [6.07, 6.45) is -4.88. The van der Waals surface area contributed by atoms with Gasteiger partial charge >= 0.3 is 6.18 Å². The van der Waals surface area contributed by atoms with Gasteiger partial charge in [-0.1, -0.05) is 0 Å². The zero-order valence-electron chi connectivity index (χ0n) is 10.5. The number of halogens is 3. The molecule has 0 saturated carbocycles. The standard InChI is InChI=1S/C12H18F3NO/c1-7-8(2)17-9(3)11(7)10(16-4)5-6-12(13,14)15/h10,16H,5-6H2,1-4H3. The molecule has 0 radical (unpaired) electrons. The highest BCUT2D eigenvalue weighted by molar-refractivity contribution is 5.34. The highest BCUT2D eigenvalue weighted by Crippen LogP contribution is 2.32. The zero-order chi connectivity index (χ0) is 13.2. The van der Waals surface area contributed by atoms with Gasteiger partial charge in [0.25, 0.3) is 0 Å². The first kappa shape index (κ1) is 14.1. The van der Waals surface area contributed by atoms with Crippen LogP contribution in [0.2, 0.25) is 0 Å². The molecule has 0 spiro atoms. The molecule has 0 fully saturated rings. The summed E-state index contributed by atoms with van der Waals surface area (Å²) in [6, 6.07) is -0.311. The minimum Gasteiger partial charge on any atom is -0.466 e. The summed E-state index contributed by atoms with van der Waals surface area (Å²) >= 11 is 0. The van der Waals surface area contributed by atoms with Crippen LogP contribution in [-0.4, -0.2) is 13.2 Å². The summed E-state index contributed by atoms with van der Waals surface area (Å²) in [5, 5.41) is 2.93. The highest BCUT2D eigenvalue weighted by atomic mass is 19.4. The van der Waals surface area contributed by atoms with E-state index >= 15 is 0 Å². The van der Waals surface area contributed by atoms with Gasteiger partial charge in [-0.15, -0.1) is 0 Å². The van der Waals surface area contributed by atoms with Gasteiger partial charge in [-0.25, -0.2) is 0 Å². The first-order valence-corrected chi connectivity index (χ1v) is 5.56. The molecule has 0 aliphatic heterocycles. The van der Waals surface area contributed by atoms with Gasteiger partial charge in [0.2, 0.25) is 0 Å². The molecule has 17 heavy (non-hydrogen) atoms. The van der Waals surface area contributed by atoms with Crippen LogP contribution in [0.5, 0.6) is 0 Å². The van der Waals surface area contributed by atoms with Crippen molar-refractivity contribution in [3.05, 3.63) is 22.6 Å². The zero-order valence-corrected chi connectivity index (χ0v) is 10.5. The quantitative estimate of drug-likeness (QED) is 0.877. The lowest BCUT2D eigenvalue weighted by atomic mass is 9.98. The van der Waals surface area contributed by atoms with Crippen molar-refractivity contribution in [2.24, 2.45) is 0 Å². The molecule has 5 heteroatoms. The van der Waals surface area contributed by atoms with Crippen LogP contribution in [0, 0.1) is 20.8 Å². The third-order valence-electron chi connectivity index (χ3n) is 3.03. The summed E-state index contributed by atoms with van der Waals surface area (Å²) in [4.78, 5) is 0. The molecule has 2 nitrogen and oxygen atoms in total. The fraction of sp³-hybridized carbons (Fsp3) is 0.667. The van der Waals surface area contributed by atoms with E-state index in [4.69, 9.17) is 4.42 Å². The van der Waals surface area contributed by atoms with E-state index in [0.29, 0.717) is 5.76 Å². The van der Waals surface area contributed by atoms with Gasteiger partial charge in [0.1, 0.15) is 11.5 Å². The van der Waals surface area contributed by atoms with Crippen molar-refractivity contribution in [1.29, 1.82) is 0 Å². The molecule has 0 aromatic carbocycles. The van der Waals surface area contributed by atoms with Gasteiger partial charge < -0.3 is 9.73 Å². The average Bonchev–Trinajstić information content (AvgIpc) is 2.43. The van der Waals surface area contributed by atoms with Crippen LogP contribution in [0.3, 0.4) is 0 Å². The molecular formula is C12H18F3NO. The second-order valence-corrected chi connectivity index (χ2v) is 4.25. The molecule has 0 saturated heterocycles. The van der Waals surface area contributed by atoms with Crippen molar-refractivity contribution in [1.82, 2.24) is 5.32 Å². The van der Waals surface area contributed by atoms with E-state index < -0.39 is 12.6 Å². The molecule has 1 rings (SSSR count). The fourth-order valence-electron chi connectivity index (χ4n) is 2.06. The topological polar surface area (TPSA) is 25.2 Å². The molecule has 1 atom stereocenters. The third-order valence-corrected chi connectivity index (χ3v) is 3.03. The summed E-state index contributed by atoms with van der Waals surface area (Å²) in [6.45, 7) is 5.48. The summed E-state index contributed by atoms with van der Waals surface area (Å²) < 4.78 is 42.1. The van der Waals surface area contributed by atoms with E-state index in [2.05, 4.69) is 5.32 Å². The van der Waals surface area contributed by atoms with Crippen LogP contribution in [0.15, 0.2) is 4.42 Å². The van der Waals surface area contributed by atoms with E-state index in [1.54, 1.807) is 14.0 Å². The smallest absolute Gasteiger partial charge is 0.389 e. The predicted octanol–water partition coefficient (Wildman–Crippen LogP) is 3.81. The second kappa shape index (κ2) is 5.12. The minimum absolute atomic E-state index is 0.0284. The van der Waals surface area contributed by atoms with Crippen molar-refractivity contribution in [3.63, 3.8) is 0 Å². The van der Waals surface area contributed by atoms with Gasteiger partial charge in [-0.2, -0.15) is 13.2 Å². The number of hydrogen-bond donors (Lipinski definition) is 1. The van der Waals surface area contributed by atoms with E-state index in [1.807, 2.05) is 13.8 Å². The molecule has 0 aliphatic rings. The maximum Gasteiger partial charge on any atom is 0.389 e. The summed E-state index contributed by atoms with van der Waals surface area (Å²) in [7, 11) is 1.67. The van der Waals surface area contributed by atoms with Crippen molar-refractivity contribution >= 4 is 0 Å². The Kier molecular flexibility index (Phi) is 4.25. The van der Waals surface area contributed by atoms with Crippen LogP contribution >= 0.6 is 0 Å². The first-order chi connectivity index (χ1) is 7.76. The van der Waals surface area contributed by atoms with E-state index in [-0.39, 0.29) is 12.5 Å². The van der Waals surface area contributed by atoms with Gasteiger partial charge in [0, 0.05) is 18.0 Å². The lowest BCUT2D eigenvalue weighted by Gasteiger charge is -2.17. The monoisotopic (exact) mass is 249 g/mol. The van der Waals surface area contributed by atoms with Crippen LogP contribution < -0.4 is 5.32 Å². The van der Waals surface area contributed by atoms with E-state index in [1.165, 1.54) is 0 Å². The predicted molar refractivity (Wildman–Crippen MR) is 60.0 cm³/mol. The Balaban J connectivity index is 2.87. The average molecular weight is 249 g/mol. The molecular weight excluding hydrogens is 231 g/mol. The van der Waals surface area contributed by atoms with E-state index in [0.717, 1.165) is 16.9 Å². The summed E-state index contributed by atoms with van der Waals surface area (Å²) in [5.41, 5.74) is 1.79. The molecule has 1 heterocycles. The fourth-order valence-corrected chi connectivity index (χ4v) is 2.06. The molecule has 98 valence electrons. The third kappa shape index (κ3) is 3.49. The number of nitrogens with one attached hydrogen (secondary N) is 1. The van der Waals surface area contributed by atoms with Crippen LogP contribution in [-0.2, 0) is 0 Å². The van der Waals surface area contributed by atoms with E-state index in [9.17, 15) is 13.2 Å². The number of hydrogen-bond acceptors (Lipinski definition) is 2. The van der Waals surface area contributed by atoms with Crippen LogP contribution in [0.1, 0.15) is 41.5 Å². The Morgan fingerprint density at radius 1 is 1.18 bits per heavy atom. The van der Waals surface area contributed by atoms with Crippen LogP contribution in [0.4, 0.5) is 13.2 Å². The van der Waals surface area contributed by atoms with Gasteiger partial charge in [0.05, 0.1) is 0 Å². The molecule has 1 N–H and O–H groups in total. The highest BCUT2D eigenvalue weighted by Gasteiger charge is 2.30. The maximum atomic E-state index is 12.2. The molecule has 1 unspecified atom stereocenters. The van der Waals surface area contributed by atoms with Gasteiger partial charge in [-0.05, 0) is 39.8 Å². The Bertz CT molecular complexity index is 382. The summed E-state index contributed by atoms with van der Waals surface area (Å²) in [5.74, 6) is 1.46. The normalized spacial score (nSPS) is 14.1. The van der Waals surface area contributed by atoms with Crippen molar-refractivity contribution in [2.45, 2.75) is 45.8 Å². The largest absolute Gasteiger partial charge is 0.466 e. The lowest BCUT2D eigenvalue weighted by molar-refractivity contribution is -0.136. The Morgan fingerprint density at radius 3 is 2.12 bits per heavy atom. The Labute approximate surface area is 99.2 Å². The molecule has 1 aromatic rings. The first-order valence-electron chi connectivity index (χ1n) is 5.56. The molecule has 0 bridgehead atoms. The lowest BCUT2D eigenvalue weighted by Crippen LogP contribution is -2.20. The Hall–Kier alpha value is -0.970. The molecule has 0 aliphatic carbocycles. The van der Waals surface area contributed by atoms with Crippen molar-refractivity contribution in [2.75, 3.05) is 7.05 Å². The van der Waals surface area contributed by atoms with Gasteiger partial charge in [-0.3, -0.25) is 0 Å².